The second-order valence-corrected chi connectivity index (χ2v) is 12.1. The fourth-order valence-corrected chi connectivity index (χ4v) is 6.88. The van der Waals surface area contributed by atoms with Gasteiger partial charge in [-0.25, -0.2) is 4.79 Å². The minimum absolute atomic E-state index is 0.176. The Morgan fingerprint density at radius 3 is 2.55 bits per heavy atom. The first-order valence-electron chi connectivity index (χ1n) is 15.2. The van der Waals surface area contributed by atoms with Crippen LogP contribution >= 0.6 is 0 Å². The van der Waals surface area contributed by atoms with Crippen LogP contribution in [0.25, 0.3) is 17.2 Å². The number of hydrogen-bond donors (Lipinski definition) is 2. The summed E-state index contributed by atoms with van der Waals surface area (Å²) < 4.78 is 5.62. The summed E-state index contributed by atoms with van der Waals surface area (Å²) in [4.78, 5) is 26.7. The van der Waals surface area contributed by atoms with Crippen molar-refractivity contribution >= 4 is 23.6 Å². The maximum atomic E-state index is 12.8. The number of allylic oxidation sites excluding steroid dienone is 1. The van der Waals surface area contributed by atoms with Crippen molar-refractivity contribution in [2.24, 2.45) is 11.3 Å². The summed E-state index contributed by atoms with van der Waals surface area (Å²) in [7, 11) is 0. The number of aromatic carboxylic acids is 1. The molecule has 0 radical (unpaired) electrons. The summed E-state index contributed by atoms with van der Waals surface area (Å²) in [5.74, 6) is 0.374. The fraction of sp³-hybridized carbons (Fsp3) is 0.529. The highest BCUT2D eigenvalue weighted by molar-refractivity contribution is 5.94. The van der Waals surface area contributed by atoms with Crippen molar-refractivity contribution in [3.8, 4) is 11.1 Å². The minimum atomic E-state index is -0.950. The number of nitrogen functional groups attached to an aromatic ring is 1. The van der Waals surface area contributed by atoms with Crippen molar-refractivity contribution in [2.45, 2.75) is 83.7 Å². The lowest BCUT2D eigenvalue weighted by atomic mass is 9.88. The number of carbonyl (C=O) groups excluding carboxylic acids is 1. The molecule has 3 atom stereocenters. The largest absolute Gasteiger partial charge is 0.478 e. The van der Waals surface area contributed by atoms with Crippen LogP contribution in [0, 0.1) is 11.3 Å². The Morgan fingerprint density at radius 1 is 1.18 bits per heavy atom. The van der Waals surface area contributed by atoms with Gasteiger partial charge in [0.1, 0.15) is 6.10 Å². The average molecular weight is 545 g/mol. The van der Waals surface area contributed by atoms with Gasteiger partial charge >= 0.3 is 5.97 Å². The summed E-state index contributed by atoms with van der Waals surface area (Å²) in [6, 6.07) is 11.9. The van der Waals surface area contributed by atoms with Crippen LogP contribution < -0.4 is 5.73 Å². The Bertz CT molecular complexity index is 1240. The molecule has 2 aromatic carbocycles. The van der Waals surface area contributed by atoms with E-state index in [2.05, 4.69) is 44.2 Å². The van der Waals surface area contributed by atoms with Crippen molar-refractivity contribution < 1.29 is 19.4 Å². The van der Waals surface area contributed by atoms with E-state index in [1.54, 1.807) is 12.1 Å². The van der Waals surface area contributed by atoms with Gasteiger partial charge in [0.15, 0.2) is 0 Å². The smallest absolute Gasteiger partial charge is 0.335 e. The van der Waals surface area contributed by atoms with Crippen molar-refractivity contribution in [1.82, 2.24) is 4.90 Å². The number of likely N-dealkylation sites (tertiary alicyclic amines) is 1. The third-order valence-electron chi connectivity index (χ3n) is 9.59. The molecular formula is C34H44N2O4. The number of carboxylic acids is 1. The zero-order chi connectivity index (χ0) is 28.3. The van der Waals surface area contributed by atoms with E-state index in [4.69, 9.17) is 10.5 Å². The van der Waals surface area contributed by atoms with E-state index in [-0.39, 0.29) is 17.6 Å². The van der Waals surface area contributed by atoms with E-state index in [1.165, 1.54) is 18.4 Å². The molecule has 40 heavy (non-hydrogen) atoms. The maximum Gasteiger partial charge on any atom is 0.335 e. The number of ether oxygens (including phenoxy) is 1. The normalized spacial score (nSPS) is 22.6. The molecular weight excluding hydrogens is 500 g/mol. The quantitative estimate of drug-likeness (QED) is 0.310. The molecule has 0 bridgehead atoms. The van der Waals surface area contributed by atoms with Crippen LogP contribution in [0.4, 0.5) is 5.69 Å². The topological polar surface area (TPSA) is 92.9 Å². The third kappa shape index (κ3) is 5.97. The van der Waals surface area contributed by atoms with Crippen molar-refractivity contribution in [2.75, 3.05) is 25.4 Å². The van der Waals surface area contributed by atoms with Crippen LogP contribution in [-0.2, 0) is 9.53 Å². The first-order chi connectivity index (χ1) is 19.3. The van der Waals surface area contributed by atoms with Gasteiger partial charge in [0.2, 0.25) is 0 Å². The standard InChI is InChI=1S/C34H44N2O4/c1-3-7-23(4-2)8-5-9-26-20-27(33(38)39)21-28(31(26)35)24-11-13-25(14-12-24)29-22-34(29)15-17-36(18-16-34)32(37)30-10-6-19-40-30/h5,9,11-14,20-21,23,29-30H,3-4,6-8,10,15-19,22,35H2,1-2H3,(H,38,39)/b9-5-/t23?,29-,30-/m1/s1. The van der Waals surface area contributed by atoms with E-state index in [0.717, 1.165) is 74.7 Å². The molecule has 3 aliphatic rings. The third-order valence-corrected chi connectivity index (χ3v) is 9.59. The molecule has 3 fully saturated rings. The van der Waals surface area contributed by atoms with Gasteiger partial charge in [-0.3, -0.25) is 4.79 Å². The SMILES string of the molecule is CCCC(CC)C/C=C\c1cc(C(=O)O)cc(-c2ccc([C@H]3CC34CCN(C(=O)[C@H]3CCCO3)CC4)cc2)c1N. The molecule has 2 aliphatic heterocycles. The van der Waals surface area contributed by atoms with Gasteiger partial charge in [-0.05, 0) is 84.6 Å². The second kappa shape index (κ2) is 12.2. The summed E-state index contributed by atoms with van der Waals surface area (Å²) in [6.07, 6.45) is 13.4. The highest BCUT2D eigenvalue weighted by Gasteiger charge is 2.55. The van der Waals surface area contributed by atoms with Crippen LogP contribution in [0.1, 0.15) is 99.0 Å². The number of rotatable bonds is 10. The minimum Gasteiger partial charge on any atom is -0.478 e. The molecule has 6 nitrogen and oxygen atoms in total. The van der Waals surface area contributed by atoms with Gasteiger partial charge < -0.3 is 20.5 Å². The molecule has 1 saturated carbocycles. The zero-order valence-corrected chi connectivity index (χ0v) is 24.0. The van der Waals surface area contributed by atoms with Gasteiger partial charge in [-0.1, -0.05) is 69.5 Å². The number of amides is 1. The highest BCUT2D eigenvalue weighted by Crippen LogP contribution is 2.65. The average Bonchev–Trinajstić information content (AvgIpc) is 3.37. The van der Waals surface area contributed by atoms with Crippen LogP contribution in [-0.4, -0.2) is 47.7 Å². The molecule has 214 valence electrons. The van der Waals surface area contributed by atoms with Gasteiger partial charge in [0.05, 0.1) is 5.56 Å². The lowest BCUT2D eigenvalue weighted by Crippen LogP contribution is -2.44. The van der Waals surface area contributed by atoms with Crippen LogP contribution in [0.2, 0.25) is 0 Å². The molecule has 1 aliphatic carbocycles. The maximum absolute atomic E-state index is 12.8. The summed E-state index contributed by atoms with van der Waals surface area (Å²) >= 11 is 0. The molecule has 0 aromatic heterocycles. The zero-order valence-electron chi connectivity index (χ0n) is 24.0. The lowest BCUT2D eigenvalue weighted by molar-refractivity contribution is -0.142. The Labute approximate surface area is 238 Å². The van der Waals surface area contributed by atoms with E-state index >= 15 is 0 Å². The van der Waals surface area contributed by atoms with E-state index in [9.17, 15) is 14.7 Å². The van der Waals surface area contributed by atoms with Crippen LogP contribution in [0.5, 0.6) is 0 Å². The summed E-state index contributed by atoms with van der Waals surface area (Å²) in [5.41, 5.74) is 11.5. The van der Waals surface area contributed by atoms with Gasteiger partial charge in [-0.2, -0.15) is 0 Å². The molecule has 3 N–H and O–H groups in total. The predicted octanol–water partition coefficient (Wildman–Crippen LogP) is 7.14. The number of benzene rings is 2. The monoisotopic (exact) mass is 544 g/mol. The molecule has 1 unspecified atom stereocenters. The number of piperidine rings is 1. The molecule has 5 rings (SSSR count). The first kappa shape index (κ1) is 28.4. The number of hydrogen-bond acceptors (Lipinski definition) is 4. The Kier molecular flexibility index (Phi) is 8.65. The van der Waals surface area contributed by atoms with Gasteiger partial charge in [0.25, 0.3) is 5.91 Å². The van der Waals surface area contributed by atoms with Crippen LogP contribution in [0.3, 0.4) is 0 Å². The Hall–Kier alpha value is -3.12. The summed E-state index contributed by atoms with van der Waals surface area (Å²) in [5, 5.41) is 9.78. The number of carboxylic acid groups (broad SMARTS) is 1. The first-order valence-corrected chi connectivity index (χ1v) is 15.2. The van der Waals surface area contributed by atoms with Crippen molar-refractivity contribution in [1.29, 1.82) is 0 Å². The molecule has 1 amide bonds. The van der Waals surface area contributed by atoms with E-state index in [1.807, 2.05) is 11.0 Å². The second-order valence-electron chi connectivity index (χ2n) is 12.1. The number of nitrogens with two attached hydrogens (primary N) is 1. The number of nitrogens with zero attached hydrogens (tertiary/aromatic N) is 1. The molecule has 2 saturated heterocycles. The lowest BCUT2D eigenvalue weighted by Gasteiger charge is -2.34. The Morgan fingerprint density at radius 2 is 1.93 bits per heavy atom. The molecule has 2 heterocycles. The summed E-state index contributed by atoms with van der Waals surface area (Å²) in [6.45, 7) is 6.77. The van der Waals surface area contributed by atoms with Crippen molar-refractivity contribution in [3.05, 3.63) is 59.2 Å². The van der Waals surface area contributed by atoms with Gasteiger partial charge in [0, 0.05) is 30.9 Å². The van der Waals surface area contributed by atoms with Gasteiger partial charge in [-0.15, -0.1) is 0 Å². The highest BCUT2D eigenvalue weighted by atomic mass is 16.5. The predicted molar refractivity (Wildman–Crippen MR) is 160 cm³/mol. The molecule has 6 heteroatoms. The molecule has 2 aromatic rings. The number of carbonyl (C=O) groups is 2. The van der Waals surface area contributed by atoms with E-state index < -0.39 is 5.97 Å². The Balaban J connectivity index is 1.27. The molecule has 1 spiro atoms. The van der Waals surface area contributed by atoms with E-state index in [0.29, 0.717) is 29.5 Å². The number of anilines is 1. The van der Waals surface area contributed by atoms with Crippen molar-refractivity contribution in [3.63, 3.8) is 0 Å². The van der Waals surface area contributed by atoms with Crippen LogP contribution in [0.15, 0.2) is 42.5 Å². The fourth-order valence-electron chi connectivity index (χ4n) is 6.88.